The van der Waals surface area contributed by atoms with Gasteiger partial charge in [0.25, 0.3) is 0 Å². The molecule has 2 rings (SSSR count). The number of sulfonamides is 1. The van der Waals surface area contributed by atoms with Gasteiger partial charge in [-0.15, -0.1) is 0 Å². The number of carbonyl (C=O) groups is 2. The first-order valence-corrected chi connectivity index (χ1v) is 12.7. The lowest BCUT2D eigenvalue weighted by atomic mass is 10.1. The summed E-state index contributed by atoms with van der Waals surface area (Å²) in [6, 6.07) is 10.7. The van der Waals surface area contributed by atoms with Crippen LogP contribution < -0.4 is 19.1 Å². The highest BCUT2D eigenvalue weighted by Gasteiger charge is 2.32. The standard InChI is InChI=1S/C23H30ClN3O6S/c1-6-19(23(29)25-2)26(14-16-9-7-8-10-18(16)24)22(28)15-27(34(5,30)31)17-11-12-20(32-3)21(13-17)33-4/h7-13,19H,6,14-15H2,1-5H3,(H,25,29)/t19-/m1/s1. The Morgan fingerprint density at radius 1 is 1.09 bits per heavy atom. The van der Waals surface area contributed by atoms with Gasteiger partial charge in [0.05, 0.1) is 26.2 Å². The number of anilines is 1. The van der Waals surface area contributed by atoms with Crippen molar-refractivity contribution in [1.82, 2.24) is 10.2 Å². The average molecular weight is 512 g/mol. The van der Waals surface area contributed by atoms with E-state index in [9.17, 15) is 18.0 Å². The van der Waals surface area contributed by atoms with Crippen molar-refractivity contribution in [2.45, 2.75) is 25.9 Å². The highest BCUT2D eigenvalue weighted by atomic mass is 35.5. The summed E-state index contributed by atoms with van der Waals surface area (Å²) in [5.74, 6) is -0.196. The number of nitrogens with zero attached hydrogens (tertiary/aromatic N) is 2. The molecule has 1 N–H and O–H groups in total. The number of halogens is 1. The first-order chi connectivity index (χ1) is 16.1. The minimum absolute atomic E-state index is 0.0357. The lowest BCUT2D eigenvalue weighted by Gasteiger charge is -2.32. The van der Waals surface area contributed by atoms with Crippen molar-refractivity contribution in [1.29, 1.82) is 0 Å². The second-order valence-corrected chi connectivity index (χ2v) is 9.77. The number of carbonyl (C=O) groups excluding carboxylic acids is 2. The quantitative estimate of drug-likeness (QED) is 0.497. The molecular formula is C23H30ClN3O6S. The Kier molecular flexibility index (Phi) is 9.57. The molecule has 1 atom stereocenters. The molecule has 2 aromatic rings. The van der Waals surface area contributed by atoms with Gasteiger partial charge in [0.1, 0.15) is 12.6 Å². The second-order valence-electron chi connectivity index (χ2n) is 7.46. The number of ether oxygens (including phenoxy) is 2. The number of likely N-dealkylation sites (N-methyl/N-ethyl adjacent to an activating group) is 1. The zero-order valence-corrected chi connectivity index (χ0v) is 21.4. The van der Waals surface area contributed by atoms with Gasteiger partial charge in [-0.1, -0.05) is 36.7 Å². The molecule has 0 aliphatic rings. The Bertz CT molecular complexity index is 1130. The van der Waals surface area contributed by atoms with Gasteiger partial charge in [-0.25, -0.2) is 8.42 Å². The van der Waals surface area contributed by atoms with Crippen molar-refractivity contribution in [3.05, 3.63) is 53.1 Å². The molecule has 2 amide bonds. The number of amides is 2. The SMILES string of the molecule is CC[C@H](C(=O)NC)N(Cc1ccccc1Cl)C(=O)CN(c1ccc(OC)c(OC)c1)S(C)(=O)=O. The third-order valence-electron chi connectivity index (χ3n) is 5.27. The van der Waals surface area contributed by atoms with Crippen LogP contribution in [0.25, 0.3) is 0 Å². The number of hydrogen-bond donors (Lipinski definition) is 1. The lowest BCUT2D eigenvalue weighted by Crippen LogP contribution is -2.51. The molecule has 34 heavy (non-hydrogen) atoms. The van der Waals surface area contributed by atoms with E-state index in [-0.39, 0.29) is 18.1 Å². The van der Waals surface area contributed by atoms with Gasteiger partial charge in [-0.2, -0.15) is 0 Å². The highest BCUT2D eigenvalue weighted by Crippen LogP contribution is 2.32. The molecule has 2 aromatic carbocycles. The fourth-order valence-electron chi connectivity index (χ4n) is 3.49. The molecular weight excluding hydrogens is 482 g/mol. The van der Waals surface area contributed by atoms with Gasteiger partial charge in [0.15, 0.2) is 11.5 Å². The third kappa shape index (κ3) is 6.54. The topological polar surface area (TPSA) is 105 Å². The van der Waals surface area contributed by atoms with Crippen LogP contribution in [0.5, 0.6) is 11.5 Å². The predicted molar refractivity (Wildman–Crippen MR) is 132 cm³/mol. The molecule has 11 heteroatoms. The van der Waals surface area contributed by atoms with Gasteiger partial charge < -0.3 is 19.7 Å². The number of benzene rings is 2. The second kappa shape index (κ2) is 11.9. The molecule has 0 spiro atoms. The highest BCUT2D eigenvalue weighted by molar-refractivity contribution is 7.92. The third-order valence-corrected chi connectivity index (χ3v) is 6.77. The zero-order chi connectivity index (χ0) is 25.5. The molecule has 0 aliphatic carbocycles. The first-order valence-electron chi connectivity index (χ1n) is 10.5. The van der Waals surface area contributed by atoms with Crippen LogP contribution >= 0.6 is 11.6 Å². The zero-order valence-electron chi connectivity index (χ0n) is 19.9. The van der Waals surface area contributed by atoms with E-state index >= 15 is 0 Å². The van der Waals surface area contributed by atoms with E-state index in [1.54, 1.807) is 37.3 Å². The molecule has 186 valence electrons. The summed E-state index contributed by atoms with van der Waals surface area (Å²) in [4.78, 5) is 27.4. The normalized spacial score (nSPS) is 11.9. The fraction of sp³-hybridized carbons (Fsp3) is 0.391. The fourth-order valence-corrected chi connectivity index (χ4v) is 4.53. The van der Waals surface area contributed by atoms with Crippen LogP contribution in [-0.4, -0.2) is 65.2 Å². The van der Waals surface area contributed by atoms with Crippen molar-refractivity contribution in [2.24, 2.45) is 0 Å². The molecule has 0 unspecified atom stereocenters. The van der Waals surface area contributed by atoms with Crippen LogP contribution in [0.2, 0.25) is 5.02 Å². The Morgan fingerprint density at radius 3 is 2.26 bits per heavy atom. The van der Waals surface area contributed by atoms with Crippen molar-refractivity contribution in [3.63, 3.8) is 0 Å². The lowest BCUT2D eigenvalue weighted by molar-refractivity contribution is -0.140. The van der Waals surface area contributed by atoms with Gasteiger partial charge >= 0.3 is 0 Å². The molecule has 0 aliphatic heterocycles. The summed E-state index contributed by atoms with van der Waals surface area (Å²) < 4.78 is 36.8. The minimum Gasteiger partial charge on any atom is -0.493 e. The van der Waals surface area contributed by atoms with Crippen LogP contribution in [-0.2, 0) is 26.2 Å². The molecule has 0 saturated carbocycles. The summed E-state index contributed by atoms with van der Waals surface area (Å²) in [7, 11) is 0.507. The monoisotopic (exact) mass is 511 g/mol. The summed E-state index contributed by atoms with van der Waals surface area (Å²) in [5, 5.41) is 3.00. The maximum atomic E-state index is 13.5. The van der Waals surface area contributed by atoms with E-state index in [0.717, 1.165) is 10.6 Å². The summed E-state index contributed by atoms with van der Waals surface area (Å²) in [5.41, 5.74) is 0.857. The van der Waals surface area contributed by atoms with Crippen molar-refractivity contribution in [2.75, 3.05) is 38.4 Å². The van der Waals surface area contributed by atoms with E-state index in [2.05, 4.69) is 5.32 Å². The van der Waals surface area contributed by atoms with Gasteiger partial charge in [0, 0.05) is 24.7 Å². The van der Waals surface area contributed by atoms with Crippen LogP contribution in [0.3, 0.4) is 0 Å². The number of hydrogen-bond acceptors (Lipinski definition) is 6. The Balaban J connectivity index is 2.49. The Labute approximate surface area is 205 Å². The van der Waals surface area contributed by atoms with Crippen LogP contribution in [0.4, 0.5) is 5.69 Å². The van der Waals surface area contributed by atoms with E-state index in [4.69, 9.17) is 21.1 Å². The molecule has 0 heterocycles. The number of nitrogens with one attached hydrogen (secondary N) is 1. The Hall–Kier alpha value is -2.98. The summed E-state index contributed by atoms with van der Waals surface area (Å²) >= 11 is 6.30. The van der Waals surface area contributed by atoms with Crippen LogP contribution in [0.15, 0.2) is 42.5 Å². The van der Waals surface area contributed by atoms with E-state index in [0.29, 0.717) is 28.5 Å². The molecule has 0 fully saturated rings. The first kappa shape index (κ1) is 27.3. The Morgan fingerprint density at radius 2 is 1.74 bits per heavy atom. The van der Waals surface area contributed by atoms with Gasteiger partial charge in [0.2, 0.25) is 21.8 Å². The molecule has 0 saturated heterocycles. The minimum atomic E-state index is -3.87. The average Bonchev–Trinajstić information content (AvgIpc) is 2.81. The van der Waals surface area contributed by atoms with Gasteiger partial charge in [-0.05, 0) is 30.2 Å². The molecule has 0 aromatic heterocycles. The predicted octanol–water partition coefficient (Wildman–Crippen LogP) is 2.68. The summed E-state index contributed by atoms with van der Waals surface area (Å²) in [6.45, 7) is 1.29. The van der Waals surface area contributed by atoms with Crippen molar-refractivity contribution < 1.29 is 27.5 Å². The maximum Gasteiger partial charge on any atom is 0.244 e. The number of rotatable bonds is 11. The van der Waals surface area contributed by atoms with Crippen LogP contribution in [0, 0.1) is 0 Å². The maximum absolute atomic E-state index is 13.5. The molecule has 9 nitrogen and oxygen atoms in total. The largest absolute Gasteiger partial charge is 0.493 e. The smallest absolute Gasteiger partial charge is 0.244 e. The summed E-state index contributed by atoms with van der Waals surface area (Å²) in [6.07, 6.45) is 1.33. The van der Waals surface area contributed by atoms with Crippen molar-refractivity contribution >= 4 is 39.1 Å². The molecule has 0 bridgehead atoms. The van der Waals surface area contributed by atoms with E-state index in [1.165, 1.54) is 38.3 Å². The van der Waals surface area contributed by atoms with Crippen molar-refractivity contribution in [3.8, 4) is 11.5 Å². The van der Waals surface area contributed by atoms with Gasteiger partial charge in [-0.3, -0.25) is 13.9 Å². The van der Waals surface area contributed by atoms with E-state index in [1.807, 2.05) is 0 Å². The number of methoxy groups -OCH3 is 2. The molecule has 0 radical (unpaired) electrons. The van der Waals surface area contributed by atoms with E-state index < -0.39 is 28.5 Å². The van der Waals surface area contributed by atoms with Crippen LogP contribution in [0.1, 0.15) is 18.9 Å².